The number of hydrogen-bond acceptors (Lipinski definition) is 16. The zero-order valence-corrected chi connectivity index (χ0v) is 38.5. The maximum atomic E-state index is 13.1. The molecule has 0 unspecified atom stereocenters. The van der Waals surface area contributed by atoms with E-state index in [1.54, 1.807) is 0 Å². The van der Waals surface area contributed by atoms with Gasteiger partial charge in [0.15, 0.2) is 18.9 Å². The number of allylic oxidation sites excluding steroid dienone is 2. The number of ether oxygens (including phenoxy) is 6. The quantitative estimate of drug-likeness (QED) is 0.116. The van der Waals surface area contributed by atoms with Gasteiger partial charge in [-0.3, -0.25) is 4.79 Å². The van der Waals surface area contributed by atoms with Gasteiger partial charge >= 0.3 is 5.97 Å². The third kappa shape index (κ3) is 7.49. The second kappa shape index (κ2) is 17.2. The van der Waals surface area contributed by atoms with E-state index in [0.717, 1.165) is 44.9 Å². The molecule has 4 saturated carbocycles. The van der Waals surface area contributed by atoms with E-state index in [9.17, 15) is 55.9 Å². The highest BCUT2D eigenvalue weighted by Crippen LogP contribution is 2.76. The van der Waals surface area contributed by atoms with Gasteiger partial charge in [-0.25, -0.2) is 0 Å². The normalized spacial score (nSPS) is 55.0. The molecule has 8 aliphatic rings. The van der Waals surface area contributed by atoms with Crippen molar-refractivity contribution in [2.75, 3.05) is 19.8 Å². The Bertz CT molecular complexity index is 1750. The third-order valence-electron chi connectivity index (χ3n) is 19.1. The van der Waals surface area contributed by atoms with Crippen LogP contribution in [0.25, 0.3) is 0 Å². The summed E-state index contributed by atoms with van der Waals surface area (Å²) in [5, 5.41) is 108. The maximum Gasteiger partial charge on any atom is 0.310 e. The van der Waals surface area contributed by atoms with Crippen LogP contribution in [0.1, 0.15) is 113 Å². The summed E-state index contributed by atoms with van der Waals surface area (Å²) in [6.07, 6.45) is -11.9. The second-order valence-electron chi connectivity index (χ2n) is 22.9. The Morgan fingerprint density at radius 3 is 2.06 bits per heavy atom. The summed E-state index contributed by atoms with van der Waals surface area (Å²) in [5.74, 6) is -0.391. The zero-order valence-electron chi connectivity index (χ0n) is 38.5. The van der Waals surface area contributed by atoms with Crippen molar-refractivity contribution in [3.63, 3.8) is 0 Å². The molecule has 64 heavy (non-hydrogen) atoms. The van der Waals surface area contributed by atoms with Crippen molar-refractivity contribution < 1.29 is 84.3 Å². The molecule has 366 valence electrons. The van der Waals surface area contributed by atoms with Crippen LogP contribution in [-0.2, 0) is 33.2 Å². The molecule has 5 aliphatic carbocycles. The smallest absolute Gasteiger partial charge is 0.310 e. The third-order valence-corrected chi connectivity index (χ3v) is 19.1. The van der Waals surface area contributed by atoms with Crippen LogP contribution in [-0.4, -0.2) is 169 Å². The number of rotatable bonds is 9. The van der Waals surface area contributed by atoms with E-state index in [1.807, 2.05) is 6.92 Å². The largest absolute Gasteiger partial charge is 0.481 e. The van der Waals surface area contributed by atoms with Crippen LogP contribution >= 0.6 is 0 Å². The Morgan fingerprint density at radius 1 is 0.719 bits per heavy atom. The number of fused-ring (bicyclic) bond motifs is 7. The first-order valence-corrected chi connectivity index (χ1v) is 23.7. The molecule has 8 rings (SSSR count). The average molecular weight is 913 g/mol. The van der Waals surface area contributed by atoms with E-state index in [0.29, 0.717) is 19.3 Å². The predicted octanol–water partition coefficient (Wildman–Crippen LogP) is 1.35. The molecule has 0 aromatic heterocycles. The van der Waals surface area contributed by atoms with Crippen LogP contribution in [0.2, 0.25) is 0 Å². The second-order valence-corrected chi connectivity index (χ2v) is 22.9. The first-order chi connectivity index (χ1) is 29.9. The topological polar surface area (TPSA) is 275 Å². The highest BCUT2D eigenvalue weighted by Gasteiger charge is 2.70. The molecule has 3 saturated heterocycles. The Balaban J connectivity index is 1.01. The fourth-order valence-electron chi connectivity index (χ4n) is 14.8. The Morgan fingerprint density at radius 2 is 1.39 bits per heavy atom. The Hall–Kier alpha value is -1.39. The van der Waals surface area contributed by atoms with Gasteiger partial charge in [-0.05, 0) is 111 Å². The van der Waals surface area contributed by atoms with Crippen LogP contribution in [0.4, 0.5) is 0 Å². The van der Waals surface area contributed by atoms with E-state index in [2.05, 4.69) is 40.7 Å². The van der Waals surface area contributed by atoms with Gasteiger partial charge in [0.25, 0.3) is 0 Å². The van der Waals surface area contributed by atoms with Crippen molar-refractivity contribution >= 4 is 5.97 Å². The summed E-state index contributed by atoms with van der Waals surface area (Å²) >= 11 is 0. The van der Waals surface area contributed by atoms with Gasteiger partial charge in [-0.1, -0.05) is 53.2 Å². The lowest BCUT2D eigenvalue weighted by Crippen LogP contribution is -2.67. The molecule has 0 radical (unpaired) electrons. The lowest BCUT2D eigenvalue weighted by molar-refractivity contribution is -0.383. The summed E-state index contributed by atoms with van der Waals surface area (Å²) in [6.45, 7) is 14.1. The monoisotopic (exact) mass is 913 g/mol. The van der Waals surface area contributed by atoms with Crippen LogP contribution in [0, 0.1) is 50.2 Å². The molecule has 17 nitrogen and oxygen atoms in total. The lowest BCUT2D eigenvalue weighted by atomic mass is 9.33. The van der Waals surface area contributed by atoms with E-state index in [1.165, 1.54) is 12.5 Å². The van der Waals surface area contributed by atoms with Crippen molar-refractivity contribution in [3.05, 3.63) is 11.6 Å². The molecule has 3 aliphatic heterocycles. The minimum Gasteiger partial charge on any atom is -0.481 e. The minimum absolute atomic E-state index is 0.00330. The van der Waals surface area contributed by atoms with E-state index in [4.69, 9.17) is 28.4 Å². The lowest BCUT2D eigenvalue weighted by Gasteiger charge is -2.71. The van der Waals surface area contributed by atoms with Crippen molar-refractivity contribution in [1.29, 1.82) is 0 Å². The highest BCUT2D eigenvalue weighted by molar-refractivity contribution is 5.76. The number of aliphatic hydroxyl groups is 9. The van der Waals surface area contributed by atoms with Gasteiger partial charge in [0, 0.05) is 5.41 Å². The number of hydrogen-bond donors (Lipinski definition) is 10. The summed E-state index contributed by atoms with van der Waals surface area (Å²) < 4.78 is 36.1. The molecular formula is C47H76O17. The van der Waals surface area contributed by atoms with Crippen LogP contribution in [0.15, 0.2) is 11.6 Å². The summed E-state index contributed by atoms with van der Waals surface area (Å²) in [4.78, 5) is 13.1. The van der Waals surface area contributed by atoms with Crippen molar-refractivity contribution in [1.82, 2.24) is 0 Å². The standard InChI is InChI=1S/C47H76O17/c1-22-30(51)36(63-38-34(55)33(54)32(53)26(19-48)61-38)35(56)39(60-22)64-37-31(52)25(50)20-59-40(37)62-29-11-12-43(4)27(44(29,5)21-49)10-13-46(7)28(43)9-8-23-24-18-42(2,3)14-16-47(24,41(57)58)17-15-45(23,46)6/h8,22,24-40,48-56H,9-21H2,1-7H3,(H,57,58)/t22-,24-,25-,26+,27+,28+,29+,30+,31-,32+,33-,34+,35+,36-,37-,38-,39+,40-,43-,44-,45+,46+,47-/m0/s1. The molecule has 10 N–H and O–H groups in total. The predicted molar refractivity (Wildman–Crippen MR) is 225 cm³/mol. The molecule has 3 heterocycles. The molecule has 0 spiro atoms. The summed E-state index contributed by atoms with van der Waals surface area (Å²) in [5.41, 5.74) is -0.609. The van der Waals surface area contributed by atoms with Crippen molar-refractivity contribution in [3.8, 4) is 0 Å². The fourth-order valence-corrected chi connectivity index (χ4v) is 14.8. The molecule has 0 aromatic carbocycles. The van der Waals surface area contributed by atoms with Crippen molar-refractivity contribution in [2.24, 2.45) is 50.2 Å². The molecule has 0 amide bonds. The van der Waals surface area contributed by atoms with E-state index >= 15 is 0 Å². The van der Waals surface area contributed by atoms with Gasteiger partial charge in [-0.15, -0.1) is 0 Å². The van der Waals surface area contributed by atoms with Gasteiger partial charge in [0.2, 0.25) is 0 Å². The molecule has 7 fully saturated rings. The van der Waals surface area contributed by atoms with Crippen LogP contribution in [0.5, 0.6) is 0 Å². The number of aliphatic carboxylic acids is 1. The van der Waals surface area contributed by atoms with Crippen LogP contribution < -0.4 is 0 Å². The van der Waals surface area contributed by atoms with Crippen LogP contribution in [0.3, 0.4) is 0 Å². The molecule has 0 bridgehead atoms. The first-order valence-electron chi connectivity index (χ1n) is 23.7. The van der Waals surface area contributed by atoms with Gasteiger partial charge < -0.3 is 79.5 Å². The maximum absolute atomic E-state index is 13.1. The minimum atomic E-state index is -1.82. The molecule has 17 heteroatoms. The molecule has 0 aromatic rings. The van der Waals surface area contributed by atoms with Gasteiger partial charge in [0.05, 0.1) is 37.4 Å². The number of carboxylic acids is 1. The number of carbonyl (C=O) groups is 1. The molecule has 23 atom stereocenters. The zero-order chi connectivity index (χ0) is 46.7. The SMILES string of the molecule is C[C@@H]1O[C@H](O[C@@H]2[C@H](O[C@@H]3CC[C@@]4(C)[C@@H](CC[C@]5(C)[C@@H]4CC=C4[C@@H]6CC(C)(C)CC[C@]6(C(=O)O)CC[C@]45C)[C@]3(C)CO)OC[C@H](O)[C@@H]2O)[C@H](O)[C@@H](O[C@@H]2O[C@H](CO)[C@@H](O)[C@H](O)[C@H]2O)[C@@H]1O. The molecular weight excluding hydrogens is 837 g/mol. The van der Waals surface area contributed by atoms with E-state index in [-0.39, 0.29) is 52.6 Å². The average Bonchev–Trinajstić information content (AvgIpc) is 3.24. The van der Waals surface area contributed by atoms with Gasteiger partial charge in [-0.2, -0.15) is 0 Å². The van der Waals surface area contributed by atoms with Crippen molar-refractivity contribution in [2.45, 2.75) is 205 Å². The number of carboxylic acid groups (broad SMARTS) is 1. The number of aliphatic hydroxyl groups excluding tert-OH is 9. The highest BCUT2D eigenvalue weighted by atomic mass is 16.8. The summed E-state index contributed by atoms with van der Waals surface area (Å²) in [6, 6.07) is 0. The fraction of sp³-hybridized carbons (Fsp3) is 0.936. The summed E-state index contributed by atoms with van der Waals surface area (Å²) in [7, 11) is 0. The Labute approximate surface area is 376 Å². The first kappa shape index (κ1) is 49.0. The Kier molecular flexibility index (Phi) is 13.2. The van der Waals surface area contributed by atoms with E-state index < -0.39 is 116 Å². The van der Waals surface area contributed by atoms with Gasteiger partial charge in [0.1, 0.15) is 61.0 Å².